The molecule has 1 aliphatic carbocycles. The number of fused-ring (bicyclic) bond motifs is 5. The van der Waals surface area contributed by atoms with Crippen LogP contribution in [0.1, 0.15) is 30.1 Å². The number of hydrogen-bond acceptors (Lipinski definition) is 1. The second kappa shape index (κ2) is 7.10. The predicted octanol–water partition coefficient (Wildman–Crippen LogP) is 6.43. The Hall–Kier alpha value is -2.61. The van der Waals surface area contributed by atoms with Gasteiger partial charge >= 0.3 is 0 Å². The molecule has 0 radical (unpaired) electrons. The number of aryl methyl sites for hydroxylation is 1. The van der Waals surface area contributed by atoms with Crippen molar-refractivity contribution in [3.63, 3.8) is 0 Å². The molecule has 0 aromatic heterocycles. The standard InChI is InChI=1S/C18H15F.C5H6O/c19-18-7-3-6-14-16-9-8-12-4-1-2-5-13(12)15(16)10-11-17(14)18;1-2-4-6-5-3-1/h1-2,4-5,8-11,18H,3,6-7H2;1-4H,5H2. The van der Waals surface area contributed by atoms with E-state index in [1.165, 1.54) is 27.1 Å². The highest BCUT2D eigenvalue weighted by molar-refractivity contribution is 6.08. The number of alkyl halides is 1. The molecule has 1 nitrogen and oxygen atoms in total. The zero-order valence-corrected chi connectivity index (χ0v) is 14.1. The van der Waals surface area contributed by atoms with Crippen LogP contribution >= 0.6 is 0 Å². The average molecular weight is 332 g/mol. The number of benzene rings is 3. The highest BCUT2D eigenvalue weighted by Gasteiger charge is 2.21. The molecule has 1 atom stereocenters. The van der Waals surface area contributed by atoms with E-state index in [2.05, 4.69) is 42.5 Å². The summed E-state index contributed by atoms with van der Waals surface area (Å²) in [4.78, 5) is 0. The summed E-state index contributed by atoms with van der Waals surface area (Å²) in [7, 11) is 0. The van der Waals surface area contributed by atoms with E-state index >= 15 is 0 Å². The average Bonchev–Trinajstić information content (AvgIpc) is 2.69. The zero-order chi connectivity index (χ0) is 17.1. The van der Waals surface area contributed by atoms with Gasteiger partial charge in [0.15, 0.2) is 0 Å². The molecule has 0 amide bonds. The Morgan fingerprint density at radius 2 is 1.76 bits per heavy atom. The third-order valence-electron chi connectivity index (χ3n) is 4.91. The van der Waals surface area contributed by atoms with Crippen LogP contribution in [0, 0.1) is 0 Å². The summed E-state index contributed by atoms with van der Waals surface area (Å²) in [5.41, 5.74) is 2.14. The lowest BCUT2D eigenvalue weighted by atomic mass is 9.85. The van der Waals surface area contributed by atoms with Crippen LogP contribution in [-0.4, -0.2) is 6.61 Å². The van der Waals surface area contributed by atoms with E-state index in [4.69, 9.17) is 4.74 Å². The van der Waals surface area contributed by atoms with Crippen molar-refractivity contribution >= 4 is 21.5 Å². The molecule has 0 spiro atoms. The number of halogens is 1. The van der Waals surface area contributed by atoms with Crippen LogP contribution < -0.4 is 0 Å². The van der Waals surface area contributed by atoms with Crippen molar-refractivity contribution in [3.05, 3.63) is 84.1 Å². The molecule has 25 heavy (non-hydrogen) atoms. The van der Waals surface area contributed by atoms with Crippen molar-refractivity contribution in [1.82, 2.24) is 0 Å². The van der Waals surface area contributed by atoms with E-state index in [0.29, 0.717) is 6.42 Å². The largest absolute Gasteiger partial charge is 0.497 e. The van der Waals surface area contributed by atoms with Crippen molar-refractivity contribution in [2.24, 2.45) is 0 Å². The lowest BCUT2D eigenvalue weighted by Crippen LogP contribution is -2.06. The van der Waals surface area contributed by atoms with Crippen molar-refractivity contribution in [3.8, 4) is 0 Å². The summed E-state index contributed by atoms with van der Waals surface area (Å²) in [6.07, 6.45) is 9.32. The molecule has 0 saturated heterocycles. The second-order valence-electron chi connectivity index (χ2n) is 6.46. The first kappa shape index (κ1) is 15.9. The molecule has 5 rings (SSSR count). The fraction of sp³-hybridized carbons (Fsp3) is 0.217. The van der Waals surface area contributed by atoms with Gasteiger partial charge in [0.25, 0.3) is 0 Å². The third kappa shape index (κ3) is 3.17. The number of ether oxygens (including phenoxy) is 1. The predicted molar refractivity (Wildman–Crippen MR) is 102 cm³/mol. The van der Waals surface area contributed by atoms with Crippen LogP contribution in [0.2, 0.25) is 0 Å². The Kier molecular flexibility index (Phi) is 4.51. The van der Waals surface area contributed by atoms with Gasteiger partial charge in [-0.15, -0.1) is 0 Å². The summed E-state index contributed by atoms with van der Waals surface area (Å²) in [5.74, 6) is 0. The zero-order valence-electron chi connectivity index (χ0n) is 14.1. The number of allylic oxidation sites excluding steroid dienone is 2. The molecule has 2 aliphatic rings. The van der Waals surface area contributed by atoms with E-state index in [0.717, 1.165) is 25.0 Å². The fourth-order valence-corrected chi connectivity index (χ4v) is 3.70. The van der Waals surface area contributed by atoms with Crippen LogP contribution in [-0.2, 0) is 11.2 Å². The van der Waals surface area contributed by atoms with Gasteiger partial charge in [0.2, 0.25) is 0 Å². The second-order valence-corrected chi connectivity index (χ2v) is 6.46. The van der Waals surface area contributed by atoms with Crippen molar-refractivity contribution in [2.75, 3.05) is 6.61 Å². The molecule has 3 aromatic rings. The minimum Gasteiger partial charge on any atom is -0.497 e. The Morgan fingerprint density at radius 1 is 0.880 bits per heavy atom. The molecule has 126 valence electrons. The van der Waals surface area contributed by atoms with Crippen molar-refractivity contribution in [1.29, 1.82) is 0 Å². The molecule has 1 heterocycles. The van der Waals surface area contributed by atoms with Crippen molar-refractivity contribution < 1.29 is 9.13 Å². The topological polar surface area (TPSA) is 9.23 Å². The lowest BCUT2D eigenvalue weighted by molar-refractivity contribution is 0.286. The molecular formula is C23H21FO. The molecule has 1 aliphatic heterocycles. The number of hydrogen-bond donors (Lipinski definition) is 0. The van der Waals surface area contributed by atoms with Gasteiger partial charge in [0.05, 0.1) is 6.26 Å². The van der Waals surface area contributed by atoms with Crippen LogP contribution in [0.4, 0.5) is 4.39 Å². The maximum Gasteiger partial charge on any atom is 0.125 e. The lowest BCUT2D eigenvalue weighted by Gasteiger charge is -2.21. The highest BCUT2D eigenvalue weighted by Crippen LogP contribution is 2.38. The Balaban J connectivity index is 0.000000223. The summed E-state index contributed by atoms with van der Waals surface area (Å²) in [6, 6.07) is 16.8. The monoisotopic (exact) mass is 332 g/mol. The first-order chi connectivity index (χ1) is 12.3. The summed E-state index contributed by atoms with van der Waals surface area (Å²) < 4.78 is 18.8. The van der Waals surface area contributed by atoms with Crippen LogP contribution in [0.15, 0.2) is 73.0 Å². The van der Waals surface area contributed by atoms with Crippen LogP contribution in [0.25, 0.3) is 21.5 Å². The number of rotatable bonds is 0. The van der Waals surface area contributed by atoms with E-state index in [1.54, 1.807) is 6.26 Å². The first-order valence-electron chi connectivity index (χ1n) is 8.85. The molecule has 0 bridgehead atoms. The van der Waals surface area contributed by atoms with Crippen LogP contribution in [0.5, 0.6) is 0 Å². The Bertz CT molecular complexity index is 943. The van der Waals surface area contributed by atoms with E-state index in [9.17, 15) is 4.39 Å². The molecule has 2 heteroatoms. The van der Waals surface area contributed by atoms with Gasteiger partial charge in [-0.25, -0.2) is 4.39 Å². The minimum absolute atomic E-state index is 0.673. The summed E-state index contributed by atoms with van der Waals surface area (Å²) >= 11 is 0. The van der Waals surface area contributed by atoms with Gasteiger partial charge < -0.3 is 4.74 Å². The van der Waals surface area contributed by atoms with Gasteiger partial charge in [-0.1, -0.05) is 54.6 Å². The van der Waals surface area contributed by atoms with Crippen LogP contribution in [0.3, 0.4) is 0 Å². The Morgan fingerprint density at radius 3 is 2.52 bits per heavy atom. The minimum atomic E-state index is -0.778. The van der Waals surface area contributed by atoms with Crippen molar-refractivity contribution in [2.45, 2.75) is 25.4 Å². The van der Waals surface area contributed by atoms with Gasteiger partial charge in [0.1, 0.15) is 12.8 Å². The van der Waals surface area contributed by atoms with E-state index < -0.39 is 6.17 Å². The van der Waals surface area contributed by atoms with E-state index in [1.807, 2.05) is 24.3 Å². The highest BCUT2D eigenvalue weighted by atomic mass is 19.1. The maximum atomic E-state index is 14.0. The van der Waals surface area contributed by atoms with Gasteiger partial charge in [0, 0.05) is 0 Å². The normalized spacial score (nSPS) is 18.4. The first-order valence-corrected chi connectivity index (χ1v) is 8.85. The molecule has 0 saturated carbocycles. The van der Waals surface area contributed by atoms with E-state index in [-0.39, 0.29) is 0 Å². The maximum absolute atomic E-state index is 14.0. The SMILES string of the molecule is C1=CCOC=C1.FC1CCCc2c1ccc1c2ccc2ccccc21. The fourth-order valence-electron chi connectivity index (χ4n) is 3.70. The summed E-state index contributed by atoms with van der Waals surface area (Å²) in [5, 5.41) is 5.01. The molecule has 3 aromatic carbocycles. The quantitative estimate of drug-likeness (QED) is 0.431. The third-order valence-corrected chi connectivity index (χ3v) is 4.91. The van der Waals surface area contributed by atoms with Gasteiger partial charge in [-0.3, -0.25) is 0 Å². The molecule has 0 N–H and O–H groups in total. The smallest absolute Gasteiger partial charge is 0.125 e. The molecule has 1 unspecified atom stereocenters. The van der Waals surface area contributed by atoms with Gasteiger partial charge in [-0.05, 0) is 64.1 Å². The van der Waals surface area contributed by atoms with Gasteiger partial charge in [-0.2, -0.15) is 0 Å². The Labute approximate surface area is 147 Å². The molecule has 0 fully saturated rings. The summed E-state index contributed by atoms with van der Waals surface area (Å²) in [6.45, 7) is 0.733. The molecular weight excluding hydrogens is 311 g/mol.